The first-order valence-electron chi connectivity index (χ1n) is 4.42. The standard InChI is InChI=1S/C9H12N2O4/c1-4(2)11-7(9(14)15)6(8(12)13)5(3)10-11/h4H,1-3H3,(H,12,13)(H,14,15). The molecule has 0 radical (unpaired) electrons. The summed E-state index contributed by atoms with van der Waals surface area (Å²) in [5.41, 5.74) is -0.292. The molecule has 0 spiro atoms. The van der Waals surface area contributed by atoms with Crippen LogP contribution < -0.4 is 0 Å². The number of rotatable bonds is 3. The van der Waals surface area contributed by atoms with Crippen molar-refractivity contribution in [2.45, 2.75) is 26.8 Å². The lowest BCUT2D eigenvalue weighted by Crippen LogP contribution is -2.15. The van der Waals surface area contributed by atoms with Crippen molar-refractivity contribution in [2.24, 2.45) is 0 Å². The molecule has 0 aliphatic rings. The fourth-order valence-electron chi connectivity index (χ4n) is 1.38. The normalized spacial score (nSPS) is 10.7. The molecule has 1 heterocycles. The van der Waals surface area contributed by atoms with Crippen LogP contribution in [-0.2, 0) is 0 Å². The van der Waals surface area contributed by atoms with E-state index in [0.717, 1.165) is 0 Å². The maximum Gasteiger partial charge on any atom is 0.355 e. The van der Waals surface area contributed by atoms with Gasteiger partial charge in [-0.3, -0.25) is 4.68 Å². The predicted molar refractivity (Wildman–Crippen MR) is 51.3 cm³/mol. The summed E-state index contributed by atoms with van der Waals surface area (Å²) in [6.45, 7) is 4.96. The highest BCUT2D eigenvalue weighted by molar-refractivity contribution is 6.01. The van der Waals surface area contributed by atoms with Gasteiger partial charge in [0.2, 0.25) is 0 Å². The average Bonchev–Trinajstić information content (AvgIpc) is 2.42. The molecule has 0 bridgehead atoms. The van der Waals surface area contributed by atoms with Crippen LogP contribution in [0.2, 0.25) is 0 Å². The van der Waals surface area contributed by atoms with Gasteiger partial charge in [0.05, 0.1) is 5.69 Å². The minimum Gasteiger partial charge on any atom is -0.478 e. The van der Waals surface area contributed by atoms with Crippen LogP contribution in [0.4, 0.5) is 0 Å². The third kappa shape index (κ3) is 1.83. The van der Waals surface area contributed by atoms with E-state index >= 15 is 0 Å². The summed E-state index contributed by atoms with van der Waals surface area (Å²) in [7, 11) is 0. The molecule has 15 heavy (non-hydrogen) atoms. The number of aromatic nitrogens is 2. The van der Waals surface area contributed by atoms with Crippen molar-refractivity contribution < 1.29 is 19.8 Å². The Morgan fingerprint density at radius 1 is 1.27 bits per heavy atom. The Morgan fingerprint density at radius 2 is 1.80 bits per heavy atom. The van der Waals surface area contributed by atoms with Crippen molar-refractivity contribution in [3.63, 3.8) is 0 Å². The molecular formula is C9H12N2O4. The van der Waals surface area contributed by atoms with E-state index < -0.39 is 11.9 Å². The SMILES string of the molecule is Cc1nn(C(C)C)c(C(=O)O)c1C(=O)O. The molecule has 6 nitrogen and oxygen atoms in total. The van der Waals surface area contributed by atoms with Gasteiger partial charge in [-0.2, -0.15) is 5.10 Å². The van der Waals surface area contributed by atoms with Crippen LogP contribution in [-0.4, -0.2) is 31.9 Å². The molecule has 0 saturated heterocycles. The molecule has 1 aromatic heterocycles. The van der Waals surface area contributed by atoms with Gasteiger partial charge >= 0.3 is 11.9 Å². The summed E-state index contributed by atoms with van der Waals surface area (Å²) >= 11 is 0. The summed E-state index contributed by atoms with van der Waals surface area (Å²) in [6, 6.07) is -0.192. The van der Waals surface area contributed by atoms with Crippen molar-refractivity contribution in [1.29, 1.82) is 0 Å². The van der Waals surface area contributed by atoms with Crippen LogP contribution in [0.25, 0.3) is 0 Å². The van der Waals surface area contributed by atoms with Gasteiger partial charge in [0.1, 0.15) is 5.56 Å². The van der Waals surface area contributed by atoms with Crippen LogP contribution in [0.3, 0.4) is 0 Å². The molecule has 1 aromatic rings. The molecule has 1 rings (SSSR count). The van der Waals surface area contributed by atoms with Gasteiger partial charge in [-0.05, 0) is 20.8 Å². The second-order valence-electron chi connectivity index (χ2n) is 3.46. The minimum absolute atomic E-state index is 0.192. The first kappa shape index (κ1) is 11.2. The lowest BCUT2D eigenvalue weighted by molar-refractivity contribution is 0.0641. The van der Waals surface area contributed by atoms with Gasteiger partial charge < -0.3 is 10.2 Å². The van der Waals surface area contributed by atoms with Crippen molar-refractivity contribution in [3.05, 3.63) is 17.0 Å². The van der Waals surface area contributed by atoms with E-state index in [1.807, 2.05) is 0 Å². The molecule has 6 heteroatoms. The summed E-state index contributed by atoms with van der Waals surface area (Å²) in [4.78, 5) is 21.8. The molecule has 0 atom stereocenters. The van der Waals surface area contributed by atoms with Crippen LogP contribution in [0, 0.1) is 6.92 Å². The zero-order chi connectivity index (χ0) is 11.7. The maximum absolute atomic E-state index is 10.9. The third-order valence-electron chi connectivity index (χ3n) is 1.99. The van der Waals surface area contributed by atoms with Gasteiger partial charge in [-0.1, -0.05) is 0 Å². The van der Waals surface area contributed by atoms with Crippen molar-refractivity contribution in [3.8, 4) is 0 Å². The first-order valence-corrected chi connectivity index (χ1v) is 4.42. The van der Waals surface area contributed by atoms with Gasteiger partial charge in [0.25, 0.3) is 0 Å². The molecule has 0 unspecified atom stereocenters. The Hall–Kier alpha value is -1.85. The van der Waals surface area contributed by atoms with E-state index in [0.29, 0.717) is 0 Å². The Morgan fingerprint density at radius 3 is 2.13 bits per heavy atom. The van der Waals surface area contributed by atoms with Crippen LogP contribution >= 0.6 is 0 Å². The molecule has 0 aromatic carbocycles. The minimum atomic E-state index is -1.28. The zero-order valence-corrected chi connectivity index (χ0v) is 8.68. The molecule has 82 valence electrons. The van der Waals surface area contributed by atoms with Gasteiger partial charge in [-0.25, -0.2) is 9.59 Å². The van der Waals surface area contributed by atoms with E-state index in [1.54, 1.807) is 13.8 Å². The summed E-state index contributed by atoms with van der Waals surface area (Å²) in [5, 5.41) is 21.7. The van der Waals surface area contributed by atoms with Crippen molar-refractivity contribution >= 4 is 11.9 Å². The summed E-state index contributed by atoms with van der Waals surface area (Å²) in [5.74, 6) is -2.54. The Labute approximate surface area is 86.1 Å². The van der Waals surface area contributed by atoms with Crippen LogP contribution in [0.15, 0.2) is 0 Å². The number of carboxylic acid groups (broad SMARTS) is 2. The number of carbonyl (C=O) groups is 2. The molecule has 0 amide bonds. The zero-order valence-electron chi connectivity index (χ0n) is 8.68. The summed E-state index contributed by atoms with van der Waals surface area (Å²) < 4.78 is 1.21. The van der Waals surface area contributed by atoms with E-state index in [9.17, 15) is 9.59 Å². The van der Waals surface area contributed by atoms with Crippen molar-refractivity contribution in [2.75, 3.05) is 0 Å². The molecule has 0 fully saturated rings. The lowest BCUT2D eigenvalue weighted by Gasteiger charge is -2.07. The number of carboxylic acids is 2. The fraction of sp³-hybridized carbons (Fsp3) is 0.444. The number of aryl methyl sites for hydroxylation is 1. The van der Waals surface area contributed by atoms with E-state index in [-0.39, 0.29) is 23.0 Å². The Kier molecular flexibility index (Phi) is 2.78. The number of hydrogen-bond acceptors (Lipinski definition) is 3. The molecule has 0 saturated carbocycles. The quantitative estimate of drug-likeness (QED) is 0.784. The fourth-order valence-corrected chi connectivity index (χ4v) is 1.38. The van der Waals surface area contributed by atoms with Crippen molar-refractivity contribution in [1.82, 2.24) is 9.78 Å². The Balaban J connectivity index is 3.51. The Bertz CT molecular complexity index is 420. The summed E-state index contributed by atoms with van der Waals surface area (Å²) in [6.07, 6.45) is 0. The van der Waals surface area contributed by atoms with Crippen LogP contribution in [0.1, 0.15) is 46.4 Å². The highest BCUT2D eigenvalue weighted by atomic mass is 16.4. The second kappa shape index (κ2) is 3.72. The van der Waals surface area contributed by atoms with E-state index in [4.69, 9.17) is 10.2 Å². The van der Waals surface area contributed by atoms with Gasteiger partial charge in [-0.15, -0.1) is 0 Å². The largest absolute Gasteiger partial charge is 0.478 e. The molecule has 0 aliphatic heterocycles. The van der Waals surface area contributed by atoms with Gasteiger partial charge in [0.15, 0.2) is 5.69 Å². The molecular weight excluding hydrogens is 200 g/mol. The number of aromatic carboxylic acids is 2. The topological polar surface area (TPSA) is 92.4 Å². The van der Waals surface area contributed by atoms with E-state index in [2.05, 4.69) is 5.10 Å². The molecule has 0 aliphatic carbocycles. The average molecular weight is 212 g/mol. The third-order valence-corrected chi connectivity index (χ3v) is 1.99. The number of nitrogens with zero attached hydrogens (tertiary/aromatic N) is 2. The second-order valence-corrected chi connectivity index (χ2v) is 3.46. The first-order chi connectivity index (χ1) is 6.86. The monoisotopic (exact) mass is 212 g/mol. The highest BCUT2D eigenvalue weighted by Crippen LogP contribution is 2.18. The van der Waals surface area contributed by atoms with E-state index in [1.165, 1.54) is 11.6 Å². The molecule has 2 N–H and O–H groups in total. The number of hydrogen-bond donors (Lipinski definition) is 2. The smallest absolute Gasteiger partial charge is 0.355 e. The lowest BCUT2D eigenvalue weighted by atomic mass is 10.2. The highest BCUT2D eigenvalue weighted by Gasteiger charge is 2.26. The maximum atomic E-state index is 10.9. The predicted octanol–water partition coefficient (Wildman–Crippen LogP) is 1.17. The van der Waals surface area contributed by atoms with Crippen LogP contribution in [0.5, 0.6) is 0 Å². The van der Waals surface area contributed by atoms with Gasteiger partial charge in [0, 0.05) is 6.04 Å².